The number of rotatable bonds is 5. The van der Waals surface area contributed by atoms with E-state index in [-0.39, 0.29) is 18.5 Å². The van der Waals surface area contributed by atoms with Crippen molar-refractivity contribution in [2.75, 3.05) is 18.5 Å². The number of ether oxygens (including phenoxy) is 1. The van der Waals surface area contributed by atoms with E-state index < -0.39 is 0 Å². The number of amides is 1. The molecule has 4 heteroatoms. The summed E-state index contributed by atoms with van der Waals surface area (Å²) < 4.78 is 5.64. The van der Waals surface area contributed by atoms with Gasteiger partial charge >= 0.3 is 0 Å². The molecule has 1 heterocycles. The van der Waals surface area contributed by atoms with Crippen molar-refractivity contribution in [3.8, 4) is 5.75 Å². The number of benzene rings is 2. The van der Waals surface area contributed by atoms with Gasteiger partial charge in [-0.15, -0.1) is 0 Å². The van der Waals surface area contributed by atoms with Crippen LogP contribution >= 0.6 is 0 Å². The lowest BCUT2D eigenvalue weighted by Gasteiger charge is -2.26. The molecule has 0 aromatic heterocycles. The van der Waals surface area contributed by atoms with Gasteiger partial charge in [-0.3, -0.25) is 4.79 Å². The van der Waals surface area contributed by atoms with Crippen LogP contribution < -0.4 is 15.4 Å². The fourth-order valence-corrected chi connectivity index (χ4v) is 3.07. The molecular formula is C20H24N2O2. The largest absolute Gasteiger partial charge is 0.493 e. The second-order valence-electron chi connectivity index (χ2n) is 6.39. The minimum absolute atomic E-state index is 0.00439. The molecule has 2 aromatic carbocycles. The summed E-state index contributed by atoms with van der Waals surface area (Å²) in [7, 11) is 0. The van der Waals surface area contributed by atoms with Gasteiger partial charge in [0.25, 0.3) is 0 Å². The molecule has 0 saturated carbocycles. The molecule has 1 unspecified atom stereocenters. The molecule has 4 nitrogen and oxygen atoms in total. The van der Waals surface area contributed by atoms with Crippen LogP contribution in [0.25, 0.3) is 0 Å². The van der Waals surface area contributed by atoms with Crippen LogP contribution in [0.2, 0.25) is 0 Å². The van der Waals surface area contributed by atoms with Gasteiger partial charge in [-0.25, -0.2) is 0 Å². The number of fused-ring (bicyclic) bond motifs is 1. The zero-order valence-electron chi connectivity index (χ0n) is 14.2. The van der Waals surface area contributed by atoms with E-state index >= 15 is 0 Å². The molecule has 1 atom stereocenters. The van der Waals surface area contributed by atoms with Crippen molar-refractivity contribution in [3.05, 3.63) is 59.7 Å². The lowest BCUT2D eigenvalue weighted by atomic mass is 10.0. The summed E-state index contributed by atoms with van der Waals surface area (Å²) in [6.45, 7) is 5.20. The van der Waals surface area contributed by atoms with Gasteiger partial charge < -0.3 is 15.4 Å². The standard InChI is InChI=1S/C20H24N2O2/c1-14(2)15-7-3-5-9-17(15)21-13-20(23)22-18-11-12-24-19-10-6-4-8-16(18)19/h3-10,14,18,21H,11-13H2,1-2H3,(H,22,23). The van der Waals surface area contributed by atoms with Crippen molar-refractivity contribution >= 4 is 11.6 Å². The van der Waals surface area contributed by atoms with Crippen molar-refractivity contribution in [2.45, 2.75) is 32.2 Å². The van der Waals surface area contributed by atoms with Crippen LogP contribution in [-0.4, -0.2) is 19.1 Å². The Balaban J connectivity index is 1.61. The Kier molecular flexibility index (Phi) is 5.04. The molecule has 126 valence electrons. The maximum atomic E-state index is 12.4. The maximum absolute atomic E-state index is 12.4. The molecule has 1 aliphatic heterocycles. The van der Waals surface area contributed by atoms with E-state index in [0.29, 0.717) is 12.5 Å². The van der Waals surface area contributed by atoms with E-state index in [2.05, 4.69) is 30.5 Å². The van der Waals surface area contributed by atoms with Gasteiger partial charge in [-0.1, -0.05) is 50.2 Å². The highest BCUT2D eigenvalue weighted by Crippen LogP contribution is 2.31. The first kappa shape index (κ1) is 16.4. The van der Waals surface area contributed by atoms with E-state index in [1.54, 1.807) is 0 Å². The smallest absolute Gasteiger partial charge is 0.239 e. The van der Waals surface area contributed by atoms with Crippen molar-refractivity contribution in [1.29, 1.82) is 0 Å². The number of hydrogen-bond donors (Lipinski definition) is 2. The molecule has 1 aliphatic rings. The molecule has 1 amide bonds. The van der Waals surface area contributed by atoms with E-state index in [1.165, 1.54) is 5.56 Å². The summed E-state index contributed by atoms with van der Waals surface area (Å²) in [4.78, 5) is 12.4. The molecule has 2 aromatic rings. The second kappa shape index (κ2) is 7.39. The van der Waals surface area contributed by atoms with Gasteiger partial charge in [0.05, 0.1) is 19.2 Å². The van der Waals surface area contributed by atoms with Crippen LogP contribution in [0.1, 0.15) is 43.4 Å². The highest BCUT2D eigenvalue weighted by Gasteiger charge is 2.22. The predicted octanol–water partition coefficient (Wildman–Crippen LogP) is 3.86. The molecule has 0 spiro atoms. The third-order valence-electron chi connectivity index (χ3n) is 4.32. The molecule has 0 bridgehead atoms. The number of hydrogen-bond acceptors (Lipinski definition) is 3. The Labute approximate surface area is 143 Å². The topological polar surface area (TPSA) is 50.4 Å². The van der Waals surface area contributed by atoms with Crippen LogP contribution in [0.4, 0.5) is 5.69 Å². The molecule has 2 N–H and O–H groups in total. The summed E-state index contributed by atoms with van der Waals surface area (Å²) in [5.74, 6) is 1.28. The summed E-state index contributed by atoms with van der Waals surface area (Å²) in [6, 6.07) is 16.0. The third kappa shape index (κ3) is 3.70. The van der Waals surface area contributed by atoms with Crippen LogP contribution in [-0.2, 0) is 4.79 Å². The summed E-state index contributed by atoms with van der Waals surface area (Å²) >= 11 is 0. The first-order chi connectivity index (χ1) is 11.6. The monoisotopic (exact) mass is 324 g/mol. The normalized spacial score (nSPS) is 16.2. The van der Waals surface area contributed by atoms with Crippen LogP contribution in [0.5, 0.6) is 5.75 Å². The molecule has 0 saturated heterocycles. The van der Waals surface area contributed by atoms with Crippen molar-refractivity contribution in [2.24, 2.45) is 0 Å². The molecular weight excluding hydrogens is 300 g/mol. The number of carbonyl (C=O) groups excluding carboxylic acids is 1. The Bertz CT molecular complexity index is 712. The molecule has 0 aliphatic carbocycles. The summed E-state index contributed by atoms with van der Waals surface area (Å²) in [5.41, 5.74) is 3.30. The minimum atomic E-state index is -0.00439. The minimum Gasteiger partial charge on any atom is -0.493 e. The average Bonchev–Trinajstić information content (AvgIpc) is 2.60. The zero-order chi connectivity index (χ0) is 16.9. The predicted molar refractivity (Wildman–Crippen MR) is 96.5 cm³/mol. The first-order valence-electron chi connectivity index (χ1n) is 8.49. The van der Waals surface area contributed by atoms with Crippen molar-refractivity contribution in [3.63, 3.8) is 0 Å². The Hall–Kier alpha value is -2.49. The number of carbonyl (C=O) groups is 1. The lowest BCUT2D eigenvalue weighted by molar-refractivity contribution is -0.120. The van der Waals surface area contributed by atoms with Crippen LogP contribution in [0.3, 0.4) is 0 Å². The van der Waals surface area contributed by atoms with E-state index in [1.807, 2.05) is 42.5 Å². The fourth-order valence-electron chi connectivity index (χ4n) is 3.07. The van der Waals surface area contributed by atoms with Crippen LogP contribution in [0.15, 0.2) is 48.5 Å². The zero-order valence-corrected chi connectivity index (χ0v) is 14.2. The Morgan fingerprint density at radius 1 is 1.17 bits per heavy atom. The van der Waals surface area contributed by atoms with Gasteiger partial charge in [0, 0.05) is 17.7 Å². The van der Waals surface area contributed by atoms with E-state index in [4.69, 9.17) is 4.74 Å². The average molecular weight is 324 g/mol. The number of nitrogens with one attached hydrogen (secondary N) is 2. The van der Waals surface area contributed by atoms with Gasteiger partial charge in [-0.05, 0) is 23.6 Å². The van der Waals surface area contributed by atoms with Crippen molar-refractivity contribution < 1.29 is 9.53 Å². The van der Waals surface area contributed by atoms with Gasteiger partial charge in [-0.2, -0.15) is 0 Å². The SMILES string of the molecule is CC(C)c1ccccc1NCC(=O)NC1CCOc2ccccc21. The first-order valence-corrected chi connectivity index (χ1v) is 8.49. The van der Waals surface area contributed by atoms with Gasteiger partial charge in [0.15, 0.2) is 0 Å². The van der Waals surface area contributed by atoms with Gasteiger partial charge in [0.1, 0.15) is 5.75 Å². The van der Waals surface area contributed by atoms with E-state index in [0.717, 1.165) is 23.4 Å². The maximum Gasteiger partial charge on any atom is 0.239 e. The quantitative estimate of drug-likeness (QED) is 0.878. The van der Waals surface area contributed by atoms with Crippen molar-refractivity contribution in [1.82, 2.24) is 5.32 Å². The highest BCUT2D eigenvalue weighted by atomic mass is 16.5. The second-order valence-corrected chi connectivity index (χ2v) is 6.39. The molecule has 0 fully saturated rings. The fraction of sp³-hybridized carbons (Fsp3) is 0.350. The molecule has 24 heavy (non-hydrogen) atoms. The van der Waals surface area contributed by atoms with Gasteiger partial charge in [0.2, 0.25) is 5.91 Å². The lowest BCUT2D eigenvalue weighted by Crippen LogP contribution is -2.35. The molecule has 0 radical (unpaired) electrons. The highest BCUT2D eigenvalue weighted by molar-refractivity contribution is 5.81. The molecule has 3 rings (SSSR count). The Morgan fingerprint density at radius 3 is 2.75 bits per heavy atom. The number of anilines is 1. The van der Waals surface area contributed by atoms with E-state index in [9.17, 15) is 4.79 Å². The summed E-state index contributed by atoms with van der Waals surface area (Å²) in [5, 5.41) is 6.38. The van der Waals surface area contributed by atoms with Crippen LogP contribution in [0, 0.1) is 0 Å². The number of para-hydroxylation sites is 2. The summed E-state index contributed by atoms with van der Waals surface area (Å²) in [6.07, 6.45) is 0.797. The Morgan fingerprint density at radius 2 is 1.92 bits per heavy atom. The third-order valence-corrected chi connectivity index (χ3v) is 4.32.